The number of nitrogens with one attached hydrogen (secondary N) is 2. The Morgan fingerprint density at radius 2 is 2.08 bits per heavy atom. The molecule has 3 aliphatic rings. The van der Waals surface area contributed by atoms with Crippen molar-refractivity contribution >= 4 is 29.9 Å². The molecule has 2 fully saturated rings. The molecule has 0 bridgehead atoms. The molecular weight excluding hydrogens is 429 g/mol. The van der Waals surface area contributed by atoms with Crippen LogP contribution in [-0.2, 0) is 19.5 Å². The topological polar surface area (TPSA) is 70.4 Å². The third kappa shape index (κ3) is 4.27. The highest BCUT2D eigenvalue weighted by Crippen LogP contribution is 2.31. The minimum Gasteiger partial charge on any atom is -0.352 e. The minimum atomic E-state index is 0. The van der Waals surface area contributed by atoms with Crippen molar-refractivity contribution in [3.63, 3.8) is 0 Å². The van der Waals surface area contributed by atoms with Crippen molar-refractivity contribution in [1.29, 1.82) is 0 Å². The summed E-state index contributed by atoms with van der Waals surface area (Å²) in [5.74, 6) is 3.68. The third-order valence-corrected chi connectivity index (χ3v) is 5.60. The molecule has 7 nitrogen and oxygen atoms in total. The molecule has 2 unspecified atom stereocenters. The van der Waals surface area contributed by atoms with Gasteiger partial charge in [-0.1, -0.05) is 6.92 Å². The molecule has 1 saturated carbocycles. The van der Waals surface area contributed by atoms with Crippen LogP contribution >= 0.6 is 24.0 Å². The van der Waals surface area contributed by atoms with Gasteiger partial charge < -0.3 is 15.2 Å². The molecule has 0 aromatic carbocycles. The van der Waals surface area contributed by atoms with Crippen LogP contribution in [0.15, 0.2) is 4.99 Å². The lowest BCUT2D eigenvalue weighted by Crippen LogP contribution is -2.46. The van der Waals surface area contributed by atoms with E-state index in [1.54, 1.807) is 0 Å². The van der Waals surface area contributed by atoms with Crippen LogP contribution in [0.3, 0.4) is 0 Å². The van der Waals surface area contributed by atoms with Gasteiger partial charge in [-0.15, -0.1) is 34.2 Å². The number of halogens is 1. The van der Waals surface area contributed by atoms with Gasteiger partial charge in [0.2, 0.25) is 0 Å². The molecule has 0 amide bonds. The van der Waals surface area contributed by atoms with Gasteiger partial charge in [-0.3, -0.25) is 9.89 Å². The molecule has 0 spiro atoms. The first-order valence-corrected chi connectivity index (χ1v) is 9.37. The summed E-state index contributed by atoms with van der Waals surface area (Å²) in [6.45, 7) is 6.40. The Bertz CT molecular complexity index is 610. The zero-order chi connectivity index (χ0) is 16.5. The van der Waals surface area contributed by atoms with Crippen LogP contribution in [0.25, 0.3) is 0 Å². The molecule has 1 saturated heterocycles. The molecule has 4 rings (SSSR count). The fourth-order valence-electron chi connectivity index (χ4n) is 3.96. The average molecular weight is 459 g/mol. The molecule has 2 aliphatic heterocycles. The highest BCUT2D eigenvalue weighted by atomic mass is 127. The Kier molecular flexibility index (Phi) is 6.19. The summed E-state index contributed by atoms with van der Waals surface area (Å²) in [7, 11) is 1.84. The van der Waals surface area contributed by atoms with Crippen molar-refractivity contribution in [1.82, 2.24) is 30.3 Å². The fraction of sp³-hybridized carbons (Fsp3) is 0.824. The van der Waals surface area contributed by atoms with Gasteiger partial charge >= 0.3 is 0 Å². The van der Waals surface area contributed by atoms with Crippen LogP contribution in [0, 0.1) is 5.92 Å². The van der Waals surface area contributed by atoms with Crippen molar-refractivity contribution in [3.8, 4) is 0 Å². The number of fused-ring (bicyclic) bond motifs is 1. The minimum absolute atomic E-state index is 0. The lowest BCUT2D eigenvalue weighted by molar-refractivity contribution is 0.315. The number of likely N-dealkylation sites (tertiary alicyclic amines) is 1. The van der Waals surface area contributed by atoms with E-state index < -0.39 is 0 Å². The van der Waals surface area contributed by atoms with E-state index in [-0.39, 0.29) is 24.0 Å². The van der Waals surface area contributed by atoms with Gasteiger partial charge in [0.25, 0.3) is 0 Å². The third-order valence-electron chi connectivity index (χ3n) is 5.60. The Balaban J connectivity index is 0.00000182. The number of hydrogen-bond acceptors (Lipinski definition) is 4. The molecule has 3 heterocycles. The second-order valence-corrected chi connectivity index (χ2v) is 7.48. The maximum atomic E-state index is 4.40. The summed E-state index contributed by atoms with van der Waals surface area (Å²) in [6.07, 6.45) is 6.26. The van der Waals surface area contributed by atoms with E-state index in [2.05, 4.69) is 42.2 Å². The summed E-state index contributed by atoms with van der Waals surface area (Å²) in [5, 5.41) is 15.7. The van der Waals surface area contributed by atoms with Crippen LogP contribution in [0.2, 0.25) is 0 Å². The van der Waals surface area contributed by atoms with E-state index in [1.807, 2.05) is 7.05 Å². The first-order chi connectivity index (χ1) is 11.7. The zero-order valence-electron chi connectivity index (χ0n) is 15.2. The van der Waals surface area contributed by atoms with Gasteiger partial charge in [-0.05, 0) is 31.6 Å². The van der Waals surface area contributed by atoms with Crippen LogP contribution in [-0.4, -0.2) is 57.8 Å². The number of hydrogen-bond donors (Lipinski definition) is 2. The smallest absolute Gasteiger partial charge is 0.191 e. The zero-order valence-corrected chi connectivity index (χ0v) is 17.6. The molecule has 0 radical (unpaired) electrons. The lowest BCUT2D eigenvalue weighted by Gasteiger charge is -2.21. The van der Waals surface area contributed by atoms with Crippen molar-refractivity contribution in [3.05, 3.63) is 11.6 Å². The van der Waals surface area contributed by atoms with E-state index in [1.165, 1.54) is 32.2 Å². The van der Waals surface area contributed by atoms with Gasteiger partial charge in [-0.2, -0.15) is 0 Å². The van der Waals surface area contributed by atoms with Crippen molar-refractivity contribution in [2.24, 2.45) is 10.9 Å². The summed E-state index contributed by atoms with van der Waals surface area (Å²) in [6, 6.07) is 1.32. The van der Waals surface area contributed by atoms with Gasteiger partial charge in [0.05, 0.1) is 6.54 Å². The summed E-state index contributed by atoms with van der Waals surface area (Å²) in [4.78, 5) is 7.03. The second-order valence-electron chi connectivity index (χ2n) is 7.48. The molecule has 8 heteroatoms. The van der Waals surface area contributed by atoms with Crippen LogP contribution < -0.4 is 10.6 Å². The molecule has 1 aliphatic carbocycles. The SMILES string of the molecule is CN=C(NCc1nnc2n1CCCC2)NC1CN(C2CC2)CC1C.I. The maximum absolute atomic E-state index is 4.40. The number of guanidine groups is 1. The fourth-order valence-corrected chi connectivity index (χ4v) is 3.96. The largest absolute Gasteiger partial charge is 0.352 e. The highest BCUT2D eigenvalue weighted by molar-refractivity contribution is 14.0. The summed E-state index contributed by atoms with van der Waals surface area (Å²) < 4.78 is 2.26. The Hall–Kier alpha value is -0.900. The first kappa shape index (κ1) is 18.9. The van der Waals surface area contributed by atoms with Crippen molar-refractivity contribution in [2.45, 2.75) is 64.2 Å². The number of aromatic nitrogens is 3. The molecule has 25 heavy (non-hydrogen) atoms. The normalized spacial score (nSPS) is 26.9. The molecule has 1 aromatic rings. The molecule has 1 aromatic heterocycles. The highest BCUT2D eigenvalue weighted by Gasteiger charge is 2.38. The monoisotopic (exact) mass is 459 g/mol. The predicted octanol–water partition coefficient (Wildman–Crippen LogP) is 1.38. The average Bonchev–Trinajstić information content (AvgIpc) is 3.28. The standard InChI is InChI=1S/C17H29N7.HI/c1-12-10-23(13-6-7-13)11-14(12)20-17(18-2)19-9-16-22-21-15-5-3-4-8-24(15)16;/h12-14H,3-11H2,1-2H3,(H2,18,19,20);1H. The summed E-state index contributed by atoms with van der Waals surface area (Å²) in [5.41, 5.74) is 0. The first-order valence-electron chi connectivity index (χ1n) is 9.37. The van der Waals surface area contributed by atoms with Gasteiger partial charge in [-0.25, -0.2) is 0 Å². The number of aliphatic imine (C=N–C) groups is 1. The van der Waals surface area contributed by atoms with Gasteiger partial charge in [0.1, 0.15) is 5.82 Å². The number of aryl methyl sites for hydroxylation is 1. The van der Waals surface area contributed by atoms with Crippen LogP contribution in [0.5, 0.6) is 0 Å². The van der Waals surface area contributed by atoms with E-state index in [0.29, 0.717) is 18.5 Å². The van der Waals surface area contributed by atoms with E-state index in [0.717, 1.165) is 43.2 Å². The lowest BCUT2D eigenvalue weighted by atomic mass is 10.1. The van der Waals surface area contributed by atoms with Gasteiger partial charge in [0.15, 0.2) is 11.8 Å². The van der Waals surface area contributed by atoms with E-state index in [9.17, 15) is 0 Å². The van der Waals surface area contributed by atoms with Crippen LogP contribution in [0.4, 0.5) is 0 Å². The van der Waals surface area contributed by atoms with Crippen LogP contribution in [0.1, 0.15) is 44.3 Å². The number of rotatable bonds is 4. The van der Waals surface area contributed by atoms with Gasteiger partial charge in [0, 0.05) is 45.2 Å². The van der Waals surface area contributed by atoms with E-state index >= 15 is 0 Å². The predicted molar refractivity (Wildman–Crippen MR) is 109 cm³/mol. The van der Waals surface area contributed by atoms with Crippen molar-refractivity contribution < 1.29 is 0 Å². The van der Waals surface area contributed by atoms with Crippen molar-refractivity contribution in [2.75, 3.05) is 20.1 Å². The van der Waals surface area contributed by atoms with E-state index in [4.69, 9.17) is 0 Å². The quantitative estimate of drug-likeness (QED) is 0.405. The Labute approximate surface area is 167 Å². The number of nitrogens with zero attached hydrogens (tertiary/aromatic N) is 5. The second kappa shape index (κ2) is 8.20. The molecule has 140 valence electrons. The Morgan fingerprint density at radius 3 is 2.84 bits per heavy atom. The summed E-state index contributed by atoms with van der Waals surface area (Å²) >= 11 is 0. The molecule has 2 N–H and O–H groups in total. The maximum Gasteiger partial charge on any atom is 0.191 e. The Morgan fingerprint density at radius 1 is 1.24 bits per heavy atom. The molecule has 2 atom stereocenters. The molecular formula is C17H30IN7.